The standard InChI is InChI=1S/C20H26F2N2O6/c1-4-29-19(27)13-7-9-24(10-8-13)17(25)12-23(2)18(26)14-5-6-15(28-3)16(11-14)30-20(21)22/h5-6,11,13,20H,4,7-10,12H2,1-3H3. The fourth-order valence-electron chi connectivity index (χ4n) is 3.22. The zero-order valence-corrected chi connectivity index (χ0v) is 17.2. The van der Waals surface area contributed by atoms with E-state index in [0.717, 1.165) is 6.07 Å². The molecule has 1 aromatic rings. The summed E-state index contributed by atoms with van der Waals surface area (Å²) in [6, 6.07) is 3.91. The number of benzene rings is 1. The number of ether oxygens (including phenoxy) is 3. The zero-order valence-electron chi connectivity index (χ0n) is 17.2. The Balaban J connectivity index is 1.96. The van der Waals surface area contributed by atoms with Gasteiger partial charge in [0.25, 0.3) is 5.91 Å². The summed E-state index contributed by atoms with van der Waals surface area (Å²) in [7, 11) is 2.74. The molecule has 8 nitrogen and oxygen atoms in total. The van der Waals surface area contributed by atoms with Crippen molar-refractivity contribution < 1.29 is 37.4 Å². The van der Waals surface area contributed by atoms with Gasteiger partial charge in [-0.05, 0) is 38.0 Å². The van der Waals surface area contributed by atoms with Crippen molar-refractivity contribution in [2.75, 3.05) is 40.4 Å². The predicted molar refractivity (Wildman–Crippen MR) is 103 cm³/mol. The van der Waals surface area contributed by atoms with Gasteiger partial charge in [-0.3, -0.25) is 14.4 Å². The lowest BCUT2D eigenvalue weighted by Crippen LogP contribution is -2.45. The molecule has 1 fully saturated rings. The molecular weight excluding hydrogens is 402 g/mol. The van der Waals surface area contributed by atoms with Gasteiger partial charge in [0.2, 0.25) is 5.91 Å². The Morgan fingerprint density at radius 1 is 1.20 bits per heavy atom. The van der Waals surface area contributed by atoms with Gasteiger partial charge in [-0.15, -0.1) is 0 Å². The Morgan fingerprint density at radius 2 is 1.87 bits per heavy atom. The number of carbonyl (C=O) groups excluding carboxylic acids is 3. The first-order valence-electron chi connectivity index (χ1n) is 9.59. The Morgan fingerprint density at radius 3 is 2.43 bits per heavy atom. The van der Waals surface area contributed by atoms with Gasteiger partial charge in [0.05, 0.1) is 26.2 Å². The van der Waals surface area contributed by atoms with E-state index in [9.17, 15) is 23.2 Å². The fraction of sp³-hybridized carbons (Fsp3) is 0.550. The molecule has 0 atom stereocenters. The van der Waals surface area contributed by atoms with E-state index in [1.807, 2.05) is 0 Å². The number of nitrogens with zero attached hydrogens (tertiary/aromatic N) is 2. The van der Waals surface area contributed by atoms with Crippen LogP contribution in [-0.2, 0) is 14.3 Å². The highest BCUT2D eigenvalue weighted by atomic mass is 19.3. The van der Waals surface area contributed by atoms with Gasteiger partial charge >= 0.3 is 12.6 Å². The number of rotatable bonds is 8. The van der Waals surface area contributed by atoms with Crippen molar-refractivity contribution >= 4 is 17.8 Å². The molecule has 166 valence electrons. The van der Waals surface area contributed by atoms with Crippen LogP contribution in [0.4, 0.5) is 8.78 Å². The van der Waals surface area contributed by atoms with Crippen molar-refractivity contribution in [3.05, 3.63) is 23.8 Å². The maximum absolute atomic E-state index is 12.6. The number of hydrogen-bond acceptors (Lipinski definition) is 6. The van der Waals surface area contributed by atoms with Crippen LogP contribution in [-0.4, -0.2) is 74.6 Å². The highest BCUT2D eigenvalue weighted by molar-refractivity contribution is 5.97. The molecule has 0 radical (unpaired) electrons. The van der Waals surface area contributed by atoms with Crippen LogP contribution in [0.1, 0.15) is 30.1 Å². The lowest BCUT2D eigenvalue weighted by molar-refractivity contribution is -0.151. The molecule has 0 bridgehead atoms. The molecule has 0 unspecified atom stereocenters. The second kappa shape index (κ2) is 10.7. The summed E-state index contributed by atoms with van der Waals surface area (Å²) in [5, 5.41) is 0. The molecular formula is C20H26F2N2O6. The van der Waals surface area contributed by atoms with E-state index in [4.69, 9.17) is 9.47 Å². The van der Waals surface area contributed by atoms with Crippen LogP contribution in [0.2, 0.25) is 0 Å². The molecule has 0 N–H and O–H groups in total. The van der Waals surface area contributed by atoms with Crippen LogP contribution in [0.5, 0.6) is 11.5 Å². The summed E-state index contributed by atoms with van der Waals surface area (Å²) >= 11 is 0. The second-order valence-electron chi connectivity index (χ2n) is 6.81. The Bertz CT molecular complexity index is 766. The topological polar surface area (TPSA) is 85.4 Å². The molecule has 30 heavy (non-hydrogen) atoms. The van der Waals surface area contributed by atoms with E-state index in [1.165, 1.54) is 31.2 Å². The summed E-state index contributed by atoms with van der Waals surface area (Å²) in [5.74, 6) is -1.45. The smallest absolute Gasteiger partial charge is 0.387 e. The predicted octanol–water partition coefficient (Wildman–Crippen LogP) is 2.17. The number of methoxy groups -OCH3 is 1. The fourth-order valence-corrected chi connectivity index (χ4v) is 3.22. The third kappa shape index (κ3) is 6.04. The maximum atomic E-state index is 12.6. The van der Waals surface area contributed by atoms with Crippen LogP contribution in [0.3, 0.4) is 0 Å². The van der Waals surface area contributed by atoms with Gasteiger partial charge in [0, 0.05) is 25.7 Å². The first-order chi connectivity index (χ1) is 14.3. The van der Waals surface area contributed by atoms with Gasteiger partial charge in [0.15, 0.2) is 11.5 Å². The lowest BCUT2D eigenvalue weighted by atomic mass is 9.97. The minimum absolute atomic E-state index is 0.0649. The number of amides is 2. The highest BCUT2D eigenvalue weighted by Gasteiger charge is 2.29. The molecule has 0 spiro atoms. The van der Waals surface area contributed by atoms with Gasteiger partial charge in [0.1, 0.15) is 0 Å². The number of carbonyl (C=O) groups is 3. The average Bonchev–Trinajstić information content (AvgIpc) is 2.72. The number of piperidine rings is 1. The van der Waals surface area contributed by atoms with Crippen molar-refractivity contribution in [1.29, 1.82) is 0 Å². The maximum Gasteiger partial charge on any atom is 0.387 e. The molecule has 1 heterocycles. The number of likely N-dealkylation sites (N-methyl/N-ethyl adjacent to an activating group) is 1. The van der Waals surface area contributed by atoms with E-state index in [1.54, 1.807) is 11.8 Å². The van der Waals surface area contributed by atoms with Crippen LogP contribution in [0.15, 0.2) is 18.2 Å². The number of hydrogen-bond donors (Lipinski definition) is 0. The third-order valence-electron chi connectivity index (χ3n) is 4.81. The summed E-state index contributed by atoms with van der Waals surface area (Å²) in [6.07, 6.45) is 1.02. The highest BCUT2D eigenvalue weighted by Crippen LogP contribution is 2.30. The van der Waals surface area contributed by atoms with Crippen molar-refractivity contribution in [3.8, 4) is 11.5 Å². The van der Waals surface area contributed by atoms with Gasteiger partial charge in [-0.1, -0.05) is 0 Å². The van der Waals surface area contributed by atoms with Crippen molar-refractivity contribution in [3.63, 3.8) is 0 Å². The molecule has 1 aliphatic rings. The van der Waals surface area contributed by atoms with Crippen molar-refractivity contribution in [1.82, 2.24) is 9.80 Å². The zero-order chi connectivity index (χ0) is 22.3. The minimum atomic E-state index is -3.07. The normalized spacial score (nSPS) is 14.4. The van der Waals surface area contributed by atoms with Gasteiger partial charge in [-0.2, -0.15) is 8.78 Å². The van der Waals surface area contributed by atoms with Crippen molar-refractivity contribution in [2.24, 2.45) is 5.92 Å². The molecule has 1 aliphatic heterocycles. The van der Waals surface area contributed by atoms with Gasteiger partial charge < -0.3 is 24.0 Å². The van der Waals surface area contributed by atoms with E-state index in [-0.39, 0.29) is 41.4 Å². The summed E-state index contributed by atoms with van der Waals surface area (Å²) in [6.45, 7) is -0.380. The minimum Gasteiger partial charge on any atom is -0.493 e. The SMILES string of the molecule is CCOC(=O)C1CCN(C(=O)CN(C)C(=O)c2ccc(OC)c(OC(F)F)c2)CC1. The lowest BCUT2D eigenvalue weighted by Gasteiger charge is -2.32. The number of esters is 1. The second-order valence-corrected chi connectivity index (χ2v) is 6.81. The van der Waals surface area contributed by atoms with Gasteiger partial charge in [-0.25, -0.2) is 0 Å². The summed E-state index contributed by atoms with van der Waals surface area (Å²) in [5.41, 5.74) is 0.0859. The van der Waals surface area contributed by atoms with E-state index >= 15 is 0 Å². The average molecular weight is 428 g/mol. The molecule has 0 aliphatic carbocycles. The van der Waals surface area contributed by atoms with E-state index < -0.39 is 12.5 Å². The molecule has 2 rings (SSSR count). The first-order valence-corrected chi connectivity index (χ1v) is 9.59. The van der Waals surface area contributed by atoms with Crippen molar-refractivity contribution in [2.45, 2.75) is 26.4 Å². The monoisotopic (exact) mass is 428 g/mol. The van der Waals surface area contributed by atoms with E-state index in [0.29, 0.717) is 32.5 Å². The van der Waals surface area contributed by atoms with Crippen LogP contribution in [0.25, 0.3) is 0 Å². The molecule has 10 heteroatoms. The Hall–Kier alpha value is -2.91. The van der Waals surface area contributed by atoms with Crippen LogP contribution < -0.4 is 9.47 Å². The molecule has 0 aromatic heterocycles. The number of halogens is 2. The number of likely N-dealkylation sites (tertiary alicyclic amines) is 1. The quantitative estimate of drug-likeness (QED) is 0.590. The summed E-state index contributed by atoms with van der Waals surface area (Å²) < 4.78 is 39.5. The number of alkyl halides is 2. The largest absolute Gasteiger partial charge is 0.493 e. The van der Waals surface area contributed by atoms with Crippen LogP contribution >= 0.6 is 0 Å². The summed E-state index contributed by atoms with van der Waals surface area (Å²) in [4.78, 5) is 39.7. The molecule has 2 amide bonds. The van der Waals surface area contributed by atoms with E-state index in [2.05, 4.69) is 4.74 Å². The first kappa shape index (κ1) is 23.4. The van der Waals surface area contributed by atoms with Crippen LogP contribution in [0, 0.1) is 5.92 Å². The Labute approximate surface area is 173 Å². The molecule has 1 aromatic carbocycles. The third-order valence-corrected chi connectivity index (χ3v) is 4.81. The molecule has 1 saturated heterocycles. The Kier molecular flexibility index (Phi) is 8.37. The molecule has 0 saturated carbocycles.